The number of piperazine rings is 1. The molecule has 2 aromatic rings. The van der Waals surface area contributed by atoms with Gasteiger partial charge in [0.2, 0.25) is 11.8 Å². The second kappa shape index (κ2) is 8.73. The predicted molar refractivity (Wildman–Crippen MR) is 99.0 cm³/mol. The number of hydrogen-bond donors (Lipinski definition) is 2. The molecule has 0 radical (unpaired) electrons. The van der Waals surface area contributed by atoms with Crippen molar-refractivity contribution >= 4 is 11.8 Å². The van der Waals surface area contributed by atoms with Gasteiger partial charge < -0.3 is 10.6 Å². The highest BCUT2D eigenvalue weighted by Gasteiger charge is 2.31. The molecule has 1 aliphatic rings. The van der Waals surface area contributed by atoms with E-state index in [0.717, 1.165) is 16.8 Å². The molecule has 2 N–H and O–H groups in total. The van der Waals surface area contributed by atoms with Crippen LogP contribution in [0.1, 0.15) is 23.2 Å². The molecule has 0 bridgehead atoms. The van der Waals surface area contributed by atoms with Crippen LogP contribution in [0.3, 0.4) is 0 Å². The molecular formula is C20H23FN4O2. The molecule has 7 heteroatoms. The average molecular weight is 370 g/mol. The highest BCUT2D eigenvalue weighted by Crippen LogP contribution is 2.15. The Morgan fingerprint density at radius 2 is 2.22 bits per heavy atom. The van der Waals surface area contributed by atoms with Gasteiger partial charge in [-0.1, -0.05) is 18.2 Å². The molecule has 0 spiro atoms. The van der Waals surface area contributed by atoms with Crippen molar-refractivity contribution in [2.24, 2.45) is 0 Å². The summed E-state index contributed by atoms with van der Waals surface area (Å²) in [6.07, 6.45) is 1.73. The Hall–Kier alpha value is -2.80. The van der Waals surface area contributed by atoms with Gasteiger partial charge in [0.15, 0.2) is 0 Å². The summed E-state index contributed by atoms with van der Waals surface area (Å²) in [4.78, 5) is 30.9. The average Bonchev–Trinajstić information content (AvgIpc) is 2.64. The van der Waals surface area contributed by atoms with Crippen LogP contribution in [0, 0.1) is 12.7 Å². The Bertz CT molecular complexity index is 827. The van der Waals surface area contributed by atoms with Crippen LogP contribution >= 0.6 is 0 Å². The minimum Gasteiger partial charge on any atom is -0.353 e. The van der Waals surface area contributed by atoms with Gasteiger partial charge in [0.1, 0.15) is 5.82 Å². The van der Waals surface area contributed by atoms with E-state index < -0.39 is 6.04 Å². The molecule has 1 unspecified atom stereocenters. The number of carbonyl (C=O) groups is 2. The van der Waals surface area contributed by atoms with Gasteiger partial charge in [0, 0.05) is 25.8 Å². The van der Waals surface area contributed by atoms with E-state index in [2.05, 4.69) is 15.6 Å². The van der Waals surface area contributed by atoms with Gasteiger partial charge in [0.25, 0.3) is 0 Å². The summed E-state index contributed by atoms with van der Waals surface area (Å²) >= 11 is 0. The highest BCUT2D eigenvalue weighted by molar-refractivity contribution is 5.88. The summed E-state index contributed by atoms with van der Waals surface area (Å²) in [6, 6.07) is 9.50. The number of pyridine rings is 1. The zero-order valence-corrected chi connectivity index (χ0v) is 15.2. The van der Waals surface area contributed by atoms with Crippen molar-refractivity contribution in [2.45, 2.75) is 32.5 Å². The fourth-order valence-corrected chi connectivity index (χ4v) is 3.18. The van der Waals surface area contributed by atoms with Gasteiger partial charge in [-0.05, 0) is 36.2 Å². The molecule has 27 heavy (non-hydrogen) atoms. The molecule has 1 aliphatic heterocycles. The number of halogens is 1. The Morgan fingerprint density at radius 1 is 1.37 bits per heavy atom. The van der Waals surface area contributed by atoms with E-state index in [1.165, 1.54) is 12.1 Å². The first-order valence-electron chi connectivity index (χ1n) is 8.96. The number of nitrogens with one attached hydrogen (secondary N) is 2. The summed E-state index contributed by atoms with van der Waals surface area (Å²) in [5.41, 5.74) is 2.58. The second-order valence-corrected chi connectivity index (χ2v) is 6.66. The van der Waals surface area contributed by atoms with Crippen LogP contribution in [0.2, 0.25) is 0 Å². The first kappa shape index (κ1) is 19.0. The quantitative estimate of drug-likeness (QED) is 0.809. The molecule has 1 fully saturated rings. The number of hydrogen-bond acceptors (Lipinski definition) is 4. The molecule has 142 valence electrons. The highest BCUT2D eigenvalue weighted by atomic mass is 19.1. The third-order valence-corrected chi connectivity index (χ3v) is 4.67. The van der Waals surface area contributed by atoms with Crippen LogP contribution in [0.15, 0.2) is 42.6 Å². The lowest BCUT2D eigenvalue weighted by molar-refractivity contribution is -0.134. The van der Waals surface area contributed by atoms with Crippen molar-refractivity contribution in [3.05, 3.63) is 65.2 Å². The standard InChI is InChI=1S/C20H23FN4O2/c1-14-4-3-7-22-17(14)12-24-19(26)11-18-20(27)23-8-9-25(18)13-15-5-2-6-16(21)10-15/h2-7,10,18H,8-9,11-13H2,1H3,(H,23,27)(H,24,26). The molecule has 1 aromatic carbocycles. The molecule has 0 saturated carbocycles. The molecular weight excluding hydrogens is 347 g/mol. The van der Waals surface area contributed by atoms with Crippen LogP contribution in [0.25, 0.3) is 0 Å². The van der Waals surface area contributed by atoms with E-state index in [0.29, 0.717) is 26.2 Å². The SMILES string of the molecule is Cc1cccnc1CNC(=O)CC1C(=O)NCCN1Cc1cccc(F)c1. The van der Waals surface area contributed by atoms with E-state index in [-0.39, 0.29) is 24.1 Å². The Labute approximate surface area is 157 Å². The zero-order chi connectivity index (χ0) is 19.2. The predicted octanol–water partition coefficient (Wildman–Crippen LogP) is 1.54. The first-order chi connectivity index (χ1) is 13.0. The molecule has 3 rings (SSSR count). The van der Waals surface area contributed by atoms with Crippen molar-refractivity contribution < 1.29 is 14.0 Å². The normalized spacial score (nSPS) is 17.4. The van der Waals surface area contributed by atoms with Crippen LogP contribution in [0.5, 0.6) is 0 Å². The maximum atomic E-state index is 13.4. The maximum absolute atomic E-state index is 13.4. The fraction of sp³-hybridized carbons (Fsp3) is 0.350. The summed E-state index contributed by atoms with van der Waals surface area (Å²) in [5, 5.41) is 5.63. The topological polar surface area (TPSA) is 74.3 Å². The van der Waals surface area contributed by atoms with Crippen molar-refractivity contribution in [2.75, 3.05) is 13.1 Å². The molecule has 0 aliphatic carbocycles. The third kappa shape index (κ3) is 5.10. The van der Waals surface area contributed by atoms with E-state index in [1.54, 1.807) is 12.3 Å². The van der Waals surface area contributed by atoms with Crippen molar-refractivity contribution in [3.8, 4) is 0 Å². The van der Waals surface area contributed by atoms with Crippen molar-refractivity contribution in [1.82, 2.24) is 20.5 Å². The van der Waals surface area contributed by atoms with E-state index in [4.69, 9.17) is 0 Å². The zero-order valence-electron chi connectivity index (χ0n) is 15.2. The van der Waals surface area contributed by atoms with Crippen molar-refractivity contribution in [1.29, 1.82) is 0 Å². The number of carbonyl (C=O) groups excluding carboxylic acids is 2. The lowest BCUT2D eigenvalue weighted by atomic mass is 10.1. The number of aromatic nitrogens is 1. The minimum atomic E-state index is -0.577. The van der Waals surface area contributed by atoms with Crippen LogP contribution in [0.4, 0.5) is 4.39 Å². The monoisotopic (exact) mass is 370 g/mol. The molecule has 1 atom stereocenters. The van der Waals surface area contributed by atoms with Crippen molar-refractivity contribution in [3.63, 3.8) is 0 Å². The first-order valence-corrected chi connectivity index (χ1v) is 8.96. The summed E-state index contributed by atoms with van der Waals surface area (Å²) < 4.78 is 13.4. The largest absolute Gasteiger partial charge is 0.353 e. The second-order valence-electron chi connectivity index (χ2n) is 6.66. The molecule has 2 heterocycles. The van der Waals surface area contributed by atoms with E-state index in [1.807, 2.05) is 30.0 Å². The molecule has 2 amide bonds. The van der Waals surface area contributed by atoms with Gasteiger partial charge in [-0.3, -0.25) is 19.5 Å². The number of nitrogens with zero attached hydrogens (tertiary/aromatic N) is 2. The fourth-order valence-electron chi connectivity index (χ4n) is 3.18. The van der Waals surface area contributed by atoms with Gasteiger partial charge in [0.05, 0.1) is 24.7 Å². The minimum absolute atomic E-state index is 0.0486. The number of aryl methyl sites for hydroxylation is 1. The maximum Gasteiger partial charge on any atom is 0.237 e. The smallest absolute Gasteiger partial charge is 0.237 e. The number of benzene rings is 1. The van der Waals surface area contributed by atoms with E-state index >= 15 is 0 Å². The Kier molecular flexibility index (Phi) is 6.13. The van der Waals surface area contributed by atoms with E-state index in [9.17, 15) is 14.0 Å². The van der Waals surface area contributed by atoms with Crippen LogP contribution < -0.4 is 10.6 Å². The lowest BCUT2D eigenvalue weighted by Crippen LogP contribution is -2.56. The number of rotatable bonds is 6. The summed E-state index contributed by atoms with van der Waals surface area (Å²) in [7, 11) is 0. The van der Waals surface area contributed by atoms with Crippen LogP contribution in [-0.2, 0) is 22.7 Å². The molecule has 6 nitrogen and oxygen atoms in total. The number of amides is 2. The van der Waals surface area contributed by atoms with Gasteiger partial charge in [-0.2, -0.15) is 0 Å². The molecule has 1 saturated heterocycles. The van der Waals surface area contributed by atoms with Crippen LogP contribution in [-0.4, -0.2) is 40.8 Å². The summed E-state index contributed by atoms with van der Waals surface area (Å²) in [5.74, 6) is -0.706. The lowest BCUT2D eigenvalue weighted by Gasteiger charge is -2.34. The molecule has 1 aromatic heterocycles. The van der Waals surface area contributed by atoms with Gasteiger partial charge in [-0.25, -0.2) is 4.39 Å². The summed E-state index contributed by atoms with van der Waals surface area (Å²) in [6.45, 7) is 3.80. The Morgan fingerprint density at radius 3 is 3.00 bits per heavy atom. The van der Waals surface area contributed by atoms with Gasteiger partial charge >= 0.3 is 0 Å². The Balaban J connectivity index is 1.62. The van der Waals surface area contributed by atoms with Gasteiger partial charge in [-0.15, -0.1) is 0 Å². The third-order valence-electron chi connectivity index (χ3n) is 4.67.